The van der Waals surface area contributed by atoms with Crippen LogP contribution < -0.4 is 10.6 Å². The van der Waals surface area contributed by atoms with Gasteiger partial charge in [0.05, 0.1) is 25.9 Å². The minimum Gasteiger partial charge on any atom is -0.394 e. The summed E-state index contributed by atoms with van der Waals surface area (Å²) in [5.41, 5.74) is 0. The lowest BCUT2D eigenvalue weighted by Crippen LogP contribution is -2.69. The van der Waals surface area contributed by atoms with E-state index in [-0.39, 0.29) is 0 Å². The van der Waals surface area contributed by atoms with Crippen LogP contribution in [-0.2, 0) is 57.3 Å². The number of carbonyl (C=O) groups is 2. The van der Waals surface area contributed by atoms with E-state index in [9.17, 15) is 73.6 Å². The fraction of sp³-hybridized carbons (Fsp3) is 0.929. The molecule has 0 bridgehead atoms. The van der Waals surface area contributed by atoms with Crippen LogP contribution in [0.15, 0.2) is 0 Å². The van der Waals surface area contributed by atoms with E-state index in [0.29, 0.717) is 0 Å². The molecule has 13 N–H and O–H groups in total. The third kappa shape index (κ3) is 10.5. The van der Waals surface area contributed by atoms with Gasteiger partial charge in [-0.1, -0.05) is 0 Å². The molecule has 0 aromatic rings. The van der Waals surface area contributed by atoms with Crippen LogP contribution in [0.25, 0.3) is 0 Å². The third-order valence-electron chi connectivity index (χ3n) is 9.16. The zero-order valence-electron chi connectivity index (χ0n) is 28.9. The average Bonchev–Trinajstić information content (AvgIpc) is 3.09. The predicted molar refractivity (Wildman–Crippen MR) is 166 cm³/mol. The quantitative estimate of drug-likeness (QED) is 0.0768. The summed E-state index contributed by atoms with van der Waals surface area (Å²) >= 11 is 0. The second-order valence-corrected chi connectivity index (χ2v) is 14.3. The largest absolute Gasteiger partial charge is 0.397 e. The van der Waals surface area contributed by atoms with Crippen LogP contribution in [0.5, 0.6) is 0 Å². The van der Waals surface area contributed by atoms with Gasteiger partial charge in [0.1, 0.15) is 91.4 Å². The van der Waals surface area contributed by atoms with Crippen LogP contribution in [0.1, 0.15) is 20.8 Å². The Bertz CT molecular complexity index is 1360. The molecule has 0 saturated carbocycles. The average molecular weight is 813 g/mol. The number of aliphatic hydroxyl groups excluding tert-OH is 10. The van der Waals surface area contributed by atoms with Crippen molar-refractivity contribution in [2.75, 3.05) is 19.8 Å². The number of rotatable bonds is 13. The number of nitrogens with one attached hydrogen (secondary N) is 2. The molecular weight excluding hydrogens is 764 g/mol. The minimum absolute atomic E-state index is 0.671. The summed E-state index contributed by atoms with van der Waals surface area (Å²) in [5, 5.41) is 110. The van der Waals surface area contributed by atoms with E-state index in [1.165, 1.54) is 6.92 Å². The Kier molecular flexibility index (Phi) is 15.4. The molecule has 4 rings (SSSR count). The van der Waals surface area contributed by atoms with Gasteiger partial charge in [0.25, 0.3) is 0 Å². The molecule has 0 aliphatic carbocycles. The van der Waals surface area contributed by atoms with Crippen molar-refractivity contribution < 1.29 is 111 Å². The molecule has 26 heteroatoms. The molecule has 314 valence electrons. The standard InChI is InChI=1S/C28H48N2O23S/c1-7-15(34)20(39)22(41)27(48-7)53-24-21(40)16(35)10(4-31)50-28(24)52-23-14(30-9(3)33)26(51-12(18(23)37)6-47-54(43,44)45)46-5-11-17(36)19(38)13(25(42)49-11)29-8(2)32/h7,10-28,31,34-42H,4-6H2,1-3H3,(H,29,32)(H,30,33)(H,43,44,45)/t7-,10+,11+,12+,13+,14+,15+,16-,17-,18+,19+,20+,21-,22-,23+,24+,25-,26+,27-,28-/m0/s1. The normalized spacial score (nSPS) is 46.1. The highest BCUT2D eigenvalue weighted by Crippen LogP contribution is 2.34. The maximum atomic E-state index is 12.4. The smallest absolute Gasteiger partial charge is 0.394 e. The van der Waals surface area contributed by atoms with Gasteiger partial charge in [-0.3, -0.25) is 14.1 Å². The van der Waals surface area contributed by atoms with Crippen molar-refractivity contribution in [3.63, 3.8) is 0 Å². The van der Waals surface area contributed by atoms with Gasteiger partial charge in [-0.25, -0.2) is 4.18 Å². The number of hydrogen-bond acceptors (Lipinski definition) is 22. The number of ether oxygens (including phenoxy) is 7. The van der Waals surface area contributed by atoms with E-state index in [1.807, 2.05) is 0 Å². The summed E-state index contributed by atoms with van der Waals surface area (Å²) in [7, 11) is -5.16. The fourth-order valence-electron chi connectivity index (χ4n) is 6.31. The summed E-state index contributed by atoms with van der Waals surface area (Å²) in [4.78, 5) is 23.9. The second-order valence-electron chi connectivity index (χ2n) is 13.2. The van der Waals surface area contributed by atoms with Gasteiger partial charge in [0, 0.05) is 13.8 Å². The van der Waals surface area contributed by atoms with Gasteiger partial charge < -0.3 is 94.9 Å². The summed E-state index contributed by atoms with van der Waals surface area (Å²) in [6.07, 6.45) is -32.3. The summed E-state index contributed by atoms with van der Waals surface area (Å²) in [5.74, 6) is -1.49. The van der Waals surface area contributed by atoms with Crippen LogP contribution in [0.3, 0.4) is 0 Å². The molecule has 0 radical (unpaired) electrons. The highest BCUT2D eigenvalue weighted by atomic mass is 32.3. The predicted octanol–water partition coefficient (Wildman–Crippen LogP) is -8.61. The first kappa shape index (κ1) is 44.8. The second kappa shape index (κ2) is 18.6. The van der Waals surface area contributed by atoms with Gasteiger partial charge >= 0.3 is 10.4 Å². The van der Waals surface area contributed by atoms with Gasteiger partial charge in [-0.05, 0) is 6.92 Å². The van der Waals surface area contributed by atoms with Gasteiger partial charge in [0.2, 0.25) is 11.8 Å². The molecule has 25 nitrogen and oxygen atoms in total. The summed E-state index contributed by atoms with van der Waals surface area (Å²) in [6.45, 7) is 0.592. The maximum absolute atomic E-state index is 12.4. The van der Waals surface area contributed by atoms with Gasteiger partial charge in [0.15, 0.2) is 25.2 Å². The molecule has 54 heavy (non-hydrogen) atoms. The van der Waals surface area contributed by atoms with Gasteiger partial charge in [-0.15, -0.1) is 0 Å². The first-order valence-corrected chi connectivity index (χ1v) is 18.0. The Morgan fingerprint density at radius 2 is 1.17 bits per heavy atom. The molecule has 4 aliphatic rings. The highest BCUT2D eigenvalue weighted by molar-refractivity contribution is 7.80. The Morgan fingerprint density at radius 1 is 0.611 bits per heavy atom. The lowest BCUT2D eigenvalue weighted by Gasteiger charge is -2.49. The summed E-state index contributed by atoms with van der Waals surface area (Å²) < 4.78 is 75.9. The van der Waals surface area contributed by atoms with Crippen LogP contribution in [-0.4, -0.2) is 218 Å². The van der Waals surface area contributed by atoms with E-state index >= 15 is 0 Å². The topological polar surface area (TPSA) is 389 Å². The number of amides is 2. The van der Waals surface area contributed by atoms with E-state index in [1.54, 1.807) is 0 Å². The zero-order chi connectivity index (χ0) is 40.4. The molecule has 0 aromatic carbocycles. The monoisotopic (exact) mass is 812 g/mol. The molecule has 0 aromatic heterocycles. The molecule has 20 atom stereocenters. The fourth-order valence-corrected chi connectivity index (χ4v) is 6.62. The van der Waals surface area contributed by atoms with E-state index < -0.39 is 165 Å². The third-order valence-corrected chi connectivity index (χ3v) is 9.59. The van der Waals surface area contributed by atoms with E-state index in [2.05, 4.69) is 14.8 Å². The molecule has 4 fully saturated rings. The molecular formula is C28H48N2O23S. The van der Waals surface area contributed by atoms with Crippen molar-refractivity contribution in [3.8, 4) is 0 Å². The highest BCUT2D eigenvalue weighted by Gasteiger charge is 2.55. The SMILES string of the molecule is CC(=O)N[C@@H]1[C@@H](O)[C@@H](O)[C@@H](CO[C@@H]2O[C@H](COS(=O)(=O)O)[C@@H](O)[C@H](O[C@@H]3O[C@H](CO)[C@H](O)[C@H](O)[C@H]3O[C@@H]3O[C@@H](C)[C@@H](O)[C@@H](O)[C@@H]3O)[C@H]2NC(C)=O)O[C@@H]1O. The number of aliphatic hydroxyl groups is 10. The molecule has 4 aliphatic heterocycles. The molecule has 4 heterocycles. The van der Waals surface area contributed by atoms with Crippen molar-refractivity contribution in [1.29, 1.82) is 0 Å². The van der Waals surface area contributed by atoms with Crippen LogP contribution in [0, 0.1) is 0 Å². The van der Waals surface area contributed by atoms with Crippen LogP contribution in [0.2, 0.25) is 0 Å². The number of hydrogen-bond donors (Lipinski definition) is 13. The molecule has 0 unspecified atom stereocenters. The zero-order valence-corrected chi connectivity index (χ0v) is 29.7. The van der Waals surface area contributed by atoms with Gasteiger partial charge in [-0.2, -0.15) is 8.42 Å². The Balaban J connectivity index is 1.65. The Hall–Kier alpha value is -1.87. The first-order chi connectivity index (χ1) is 25.1. The number of carbonyl (C=O) groups excluding carboxylic acids is 2. The lowest BCUT2D eigenvalue weighted by molar-refractivity contribution is -0.381. The van der Waals surface area contributed by atoms with Crippen LogP contribution in [0.4, 0.5) is 0 Å². The van der Waals surface area contributed by atoms with Crippen molar-refractivity contribution in [2.45, 2.75) is 143 Å². The minimum atomic E-state index is -5.16. The van der Waals surface area contributed by atoms with Crippen molar-refractivity contribution in [3.05, 3.63) is 0 Å². The Labute approximate surface area is 307 Å². The molecule has 2 amide bonds. The van der Waals surface area contributed by atoms with Crippen molar-refractivity contribution in [1.82, 2.24) is 10.6 Å². The van der Waals surface area contributed by atoms with Crippen molar-refractivity contribution in [2.24, 2.45) is 0 Å². The maximum Gasteiger partial charge on any atom is 0.397 e. The van der Waals surface area contributed by atoms with Crippen LogP contribution >= 0.6 is 0 Å². The van der Waals surface area contributed by atoms with E-state index in [0.717, 1.165) is 13.8 Å². The summed E-state index contributed by atoms with van der Waals surface area (Å²) in [6, 6.07) is -3.13. The Morgan fingerprint density at radius 3 is 1.76 bits per heavy atom. The van der Waals surface area contributed by atoms with E-state index in [4.69, 9.17) is 33.2 Å². The van der Waals surface area contributed by atoms with Crippen molar-refractivity contribution >= 4 is 22.2 Å². The molecule has 4 saturated heterocycles. The lowest BCUT2D eigenvalue weighted by atomic mass is 9.94. The molecule has 0 spiro atoms. The first-order valence-electron chi connectivity index (χ1n) is 16.6.